The first-order valence-electron chi connectivity index (χ1n) is 7.45. The van der Waals surface area contributed by atoms with E-state index in [9.17, 15) is 10.1 Å². The van der Waals surface area contributed by atoms with Crippen molar-refractivity contribution in [3.8, 4) is 0 Å². The molecule has 0 radical (unpaired) electrons. The second kappa shape index (κ2) is 6.76. The van der Waals surface area contributed by atoms with E-state index >= 15 is 0 Å². The van der Waals surface area contributed by atoms with Gasteiger partial charge in [0.1, 0.15) is 11.4 Å². The highest BCUT2D eigenvalue weighted by molar-refractivity contribution is 5.76. The molecule has 6 heteroatoms. The molecule has 2 N–H and O–H groups in total. The Morgan fingerprint density at radius 1 is 1.38 bits per heavy atom. The highest BCUT2D eigenvalue weighted by Gasteiger charge is 2.30. The topological polar surface area (TPSA) is 76.4 Å². The lowest BCUT2D eigenvalue weighted by Crippen LogP contribution is -2.32. The number of nitrogens with zero attached hydrogens (tertiary/aromatic N) is 1. The van der Waals surface area contributed by atoms with Gasteiger partial charge in [0.2, 0.25) is 0 Å². The Hall–Kier alpha value is -1.82. The number of nitro groups is 1. The van der Waals surface area contributed by atoms with E-state index in [0.29, 0.717) is 24.5 Å². The summed E-state index contributed by atoms with van der Waals surface area (Å²) in [6.45, 7) is 6.12. The largest absolute Gasteiger partial charge is 0.379 e. The van der Waals surface area contributed by atoms with E-state index in [1.165, 1.54) is 0 Å². The van der Waals surface area contributed by atoms with Gasteiger partial charge in [0.25, 0.3) is 0 Å². The van der Waals surface area contributed by atoms with E-state index in [2.05, 4.69) is 10.6 Å². The monoisotopic (exact) mass is 293 g/mol. The minimum atomic E-state index is -0.335. The van der Waals surface area contributed by atoms with E-state index in [0.717, 1.165) is 25.9 Å². The molecular weight excluding hydrogens is 270 g/mol. The van der Waals surface area contributed by atoms with Crippen LogP contribution in [-0.2, 0) is 4.74 Å². The van der Waals surface area contributed by atoms with Crippen LogP contribution in [0.5, 0.6) is 0 Å². The Bertz CT molecular complexity index is 499. The van der Waals surface area contributed by atoms with Gasteiger partial charge in [-0.2, -0.15) is 0 Å². The quantitative estimate of drug-likeness (QED) is 0.595. The summed E-state index contributed by atoms with van der Waals surface area (Å²) in [4.78, 5) is 11.0. The van der Waals surface area contributed by atoms with Gasteiger partial charge in [-0.15, -0.1) is 0 Å². The van der Waals surface area contributed by atoms with Crippen molar-refractivity contribution in [1.82, 2.24) is 0 Å². The average Bonchev–Trinajstić information content (AvgIpc) is 2.90. The van der Waals surface area contributed by atoms with E-state index < -0.39 is 0 Å². The van der Waals surface area contributed by atoms with Gasteiger partial charge in [-0.1, -0.05) is 13.0 Å². The first kappa shape index (κ1) is 15.6. The minimum absolute atomic E-state index is 0.104. The van der Waals surface area contributed by atoms with E-state index in [4.69, 9.17) is 4.74 Å². The number of anilines is 2. The maximum atomic E-state index is 11.4. The smallest absolute Gasteiger partial charge is 0.315 e. The van der Waals surface area contributed by atoms with E-state index in [-0.39, 0.29) is 16.2 Å². The zero-order valence-corrected chi connectivity index (χ0v) is 12.6. The average molecular weight is 293 g/mol. The van der Waals surface area contributed by atoms with Crippen molar-refractivity contribution >= 4 is 17.1 Å². The van der Waals surface area contributed by atoms with Crippen LogP contribution in [0.3, 0.4) is 0 Å². The fourth-order valence-electron chi connectivity index (χ4n) is 2.54. The van der Waals surface area contributed by atoms with Gasteiger partial charge in [0.05, 0.1) is 10.5 Å². The zero-order chi connectivity index (χ0) is 15.3. The van der Waals surface area contributed by atoms with Gasteiger partial charge in [-0.05, 0) is 38.3 Å². The summed E-state index contributed by atoms with van der Waals surface area (Å²) in [7, 11) is 0. The third kappa shape index (κ3) is 3.85. The standard InChI is InChI=1S/C15H23N3O3/c1-3-9-16-12-6-4-7-13(14(12)18(19)20)17-11-15(2)8-5-10-21-15/h4,6-7,16-17H,3,5,8-11H2,1-2H3. The molecule has 1 fully saturated rings. The van der Waals surface area contributed by atoms with Gasteiger partial charge >= 0.3 is 5.69 Å². The van der Waals surface area contributed by atoms with Crippen molar-refractivity contribution in [1.29, 1.82) is 0 Å². The van der Waals surface area contributed by atoms with Crippen LogP contribution in [0.15, 0.2) is 18.2 Å². The molecular formula is C15H23N3O3. The third-order valence-electron chi connectivity index (χ3n) is 3.74. The number of hydrogen-bond donors (Lipinski definition) is 2. The number of ether oxygens (including phenoxy) is 1. The molecule has 0 bridgehead atoms. The zero-order valence-electron chi connectivity index (χ0n) is 12.6. The normalized spacial score (nSPS) is 21.2. The van der Waals surface area contributed by atoms with Crippen molar-refractivity contribution in [3.05, 3.63) is 28.3 Å². The maximum absolute atomic E-state index is 11.4. The summed E-state index contributed by atoms with van der Waals surface area (Å²) >= 11 is 0. The first-order valence-corrected chi connectivity index (χ1v) is 7.45. The molecule has 0 spiro atoms. The predicted octanol–water partition coefficient (Wildman–Crippen LogP) is 3.40. The van der Waals surface area contributed by atoms with Crippen LogP contribution >= 0.6 is 0 Å². The van der Waals surface area contributed by atoms with Gasteiger partial charge in [0.15, 0.2) is 0 Å². The molecule has 1 aromatic carbocycles. The molecule has 0 aromatic heterocycles. The van der Waals surface area contributed by atoms with Gasteiger partial charge in [-0.25, -0.2) is 0 Å². The molecule has 1 aliphatic heterocycles. The molecule has 0 amide bonds. The predicted molar refractivity (Wildman–Crippen MR) is 84.0 cm³/mol. The fourth-order valence-corrected chi connectivity index (χ4v) is 2.54. The molecule has 21 heavy (non-hydrogen) atoms. The van der Waals surface area contributed by atoms with Crippen molar-refractivity contribution in [2.24, 2.45) is 0 Å². The third-order valence-corrected chi connectivity index (χ3v) is 3.74. The minimum Gasteiger partial charge on any atom is -0.379 e. The molecule has 0 aliphatic carbocycles. The second-order valence-electron chi connectivity index (χ2n) is 5.64. The highest BCUT2D eigenvalue weighted by atomic mass is 16.6. The molecule has 1 saturated heterocycles. The summed E-state index contributed by atoms with van der Waals surface area (Å²) in [5.74, 6) is 0. The molecule has 6 nitrogen and oxygen atoms in total. The summed E-state index contributed by atoms with van der Waals surface area (Å²) in [6, 6.07) is 5.31. The number of nitrogens with one attached hydrogen (secondary N) is 2. The Kier molecular flexibility index (Phi) is 5.01. The van der Waals surface area contributed by atoms with Crippen LogP contribution in [0.2, 0.25) is 0 Å². The molecule has 2 rings (SSSR count). The lowest BCUT2D eigenvalue weighted by Gasteiger charge is -2.24. The lowest BCUT2D eigenvalue weighted by atomic mass is 10.0. The number of nitro benzene ring substituents is 1. The summed E-state index contributed by atoms with van der Waals surface area (Å²) in [5.41, 5.74) is 0.968. The van der Waals surface area contributed by atoms with Crippen LogP contribution in [0, 0.1) is 10.1 Å². The van der Waals surface area contributed by atoms with Gasteiger partial charge in [0, 0.05) is 19.7 Å². The number of hydrogen-bond acceptors (Lipinski definition) is 5. The lowest BCUT2D eigenvalue weighted by molar-refractivity contribution is -0.383. The second-order valence-corrected chi connectivity index (χ2v) is 5.64. The number of benzene rings is 1. The summed E-state index contributed by atoms with van der Waals surface area (Å²) < 4.78 is 5.71. The molecule has 0 saturated carbocycles. The number of rotatable bonds is 7. The van der Waals surface area contributed by atoms with Crippen molar-refractivity contribution in [2.75, 3.05) is 30.3 Å². The molecule has 1 aromatic rings. The van der Waals surface area contributed by atoms with Crippen LogP contribution < -0.4 is 10.6 Å². The Morgan fingerprint density at radius 3 is 2.67 bits per heavy atom. The molecule has 1 heterocycles. The Morgan fingerprint density at radius 2 is 2.10 bits per heavy atom. The van der Waals surface area contributed by atoms with Crippen molar-refractivity contribution < 1.29 is 9.66 Å². The fraction of sp³-hybridized carbons (Fsp3) is 0.600. The number of para-hydroxylation sites is 1. The van der Waals surface area contributed by atoms with Gasteiger partial charge < -0.3 is 15.4 Å². The Balaban J connectivity index is 2.15. The molecule has 1 atom stereocenters. The molecule has 1 aliphatic rings. The van der Waals surface area contributed by atoms with Crippen LogP contribution in [-0.4, -0.2) is 30.2 Å². The first-order chi connectivity index (χ1) is 10.1. The van der Waals surface area contributed by atoms with Crippen molar-refractivity contribution in [2.45, 2.75) is 38.7 Å². The van der Waals surface area contributed by atoms with E-state index in [1.54, 1.807) is 12.1 Å². The summed E-state index contributed by atoms with van der Waals surface area (Å²) in [5, 5.41) is 17.7. The Labute approximate surface area is 125 Å². The van der Waals surface area contributed by atoms with Gasteiger partial charge in [-0.3, -0.25) is 10.1 Å². The summed E-state index contributed by atoms with van der Waals surface area (Å²) in [6.07, 6.45) is 2.93. The van der Waals surface area contributed by atoms with Crippen LogP contribution in [0.1, 0.15) is 33.1 Å². The van der Waals surface area contributed by atoms with E-state index in [1.807, 2.05) is 19.9 Å². The van der Waals surface area contributed by atoms with Crippen LogP contribution in [0.25, 0.3) is 0 Å². The maximum Gasteiger partial charge on any atom is 0.315 e. The van der Waals surface area contributed by atoms with Crippen LogP contribution in [0.4, 0.5) is 17.1 Å². The SMILES string of the molecule is CCCNc1cccc(NCC2(C)CCCO2)c1[N+](=O)[O-]. The van der Waals surface area contributed by atoms with Crippen molar-refractivity contribution in [3.63, 3.8) is 0 Å². The molecule has 116 valence electrons. The molecule has 1 unspecified atom stereocenters. The highest BCUT2D eigenvalue weighted by Crippen LogP contribution is 2.34.